The van der Waals surface area contributed by atoms with Crippen molar-refractivity contribution in [2.45, 2.75) is 19.1 Å². The van der Waals surface area contributed by atoms with Crippen LogP contribution in [-0.2, 0) is 0 Å². The second-order valence-electron chi connectivity index (χ2n) is 3.80. The summed E-state index contributed by atoms with van der Waals surface area (Å²) in [7, 11) is 1.40. The molecule has 0 spiro atoms. The molecule has 0 aliphatic rings. The normalized spacial score (nSPS) is 14.1. The Bertz CT molecular complexity index is 351. The maximum Gasteiger partial charge on any atom is 0.401 e. The summed E-state index contributed by atoms with van der Waals surface area (Å²) in [6, 6.07) is 5.87. The number of benzene rings is 1. The standard InChI is InChI=1S/C11H14F3NO/c1-8(15(2)7-11(12,13)14)9-4-3-5-10(16)6-9/h3-6,8,16H,7H2,1-2H3. The first kappa shape index (κ1) is 12.8. The highest BCUT2D eigenvalue weighted by Gasteiger charge is 2.31. The Labute approximate surface area is 92.3 Å². The van der Waals surface area contributed by atoms with Gasteiger partial charge in [-0.05, 0) is 31.7 Å². The van der Waals surface area contributed by atoms with Crippen molar-refractivity contribution in [3.63, 3.8) is 0 Å². The zero-order valence-electron chi connectivity index (χ0n) is 9.12. The van der Waals surface area contributed by atoms with Crippen molar-refractivity contribution in [1.82, 2.24) is 4.90 Å². The van der Waals surface area contributed by atoms with Gasteiger partial charge in [-0.1, -0.05) is 12.1 Å². The molecule has 1 unspecified atom stereocenters. The summed E-state index contributed by atoms with van der Waals surface area (Å²) >= 11 is 0. The highest BCUT2D eigenvalue weighted by molar-refractivity contribution is 5.29. The van der Waals surface area contributed by atoms with Crippen LogP contribution >= 0.6 is 0 Å². The minimum absolute atomic E-state index is 0.0600. The molecule has 0 aromatic heterocycles. The van der Waals surface area contributed by atoms with Crippen LogP contribution in [0.4, 0.5) is 13.2 Å². The van der Waals surface area contributed by atoms with Crippen LogP contribution in [0.15, 0.2) is 24.3 Å². The second kappa shape index (κ2) is 4.74. The first-order chi connectivity index (χ1) is 7.29. The number of hydrogen-bond donors (Lipinski definition) is 1. The molecule has 0 saturated heterocycles. The largest absolute Gasteiger partial charge is 0.508 e. The number of phenols is 1. The van der Waals surface area contributed by atoms with Gasteiger partial charge in [-0.3, -0.25) is 4.90 Å². The molecule has 0 heterocycles. The lowest BCUT2D eigenvalue weighted by atomic mass is 10.1. The van der Waals surface area contributed by atoms with Gasteiger partial charge in [0.2, 0.25) is 0 Å². The molecule has 90 valence electrons. The number of rotatable bonds is 3. The number of halogens is 3. The van der Waals surface area contributed by atoms with Crippen LogP contribution in [0.2, 0.25) is 0 Å². The highest BCUT2D eigenvalue weighted by atomic mass is 19.4. The average Bonchev–Trinajstić information content (AvgIpc) is 2.14. The summed E-state index contributed by atoms with van der Waals surface area (Å²) in [4.78, 5) is 1.19. The molecular formula is C11H14F3NO. The number of phenolic OH excluding ortho intramolecular Hbond substituents is 1. The lowest BCUT2D eigenvalue weighted by molar-refractivity contribution is -0.147. The van der Waals surface area contributed by atoms with Crippen molar-refractivity contribution in [3.05, 3.63) is 29.8 Å². The summed E-state index contributed by atoms with van der Waals surface area (Å²) in [6.45, 7) is 0.699. The van der Waals surface area contributed by atoms with Crippen molar-refractivity contribution >= 4 is 0 Å². The topological polar surface area (TPSA) is 23.5 Å². The van der Waals surface area contributed by atoms with Crippen molar-refractivity contribution < 1.29 is 18.3 Å². The van der Waals surface area contributed by atoms with E-state index in [-0.39, 0.29) is 5.75 Å². The Balaban J connectivity index is 2.74. The van der Waals surface area contributed by atoms with E-state index in [1.54, 1.807) is 19.1 Å². The molecule has 1 N–H and O–H groups in total. The van der Waals surface area contributed by atoms with E-state index in [1.165, 1.54) is 24.1 Å². The summed E-state index contributed by atoms with van der Waals surface area (Å²) in [5.74, 6) is 0.0600. The van der Waals surface area contributed by atoms with E-state index in [0.717, 1.165) is 0 Å². The van der Waals surface area contributed by atoms with Crippen LogP contribution in [0.5, 0.6) is 5.75 Å². The SMILES string of the molecule is CC(c1cccc(O)c1)N(C)CC(F)(F)F. The van der Waals surface area contributed by atoms with Gasteiger partial charge in [-0.25, -0.2) is 0 Å². The van der Waals surface area contributed by atoms with Crippen molar-refractivity contribution in [2.24, 2.45) is 0 Å². The van der Waals surface area contributed by atoms with Gasteiger partial charge >= 0.3 is 6.18 Å². The summed E-state index contributed by atoms with van der Waals surface area (Å²) in [6.07, 6.45) is -4.21. The molecule has 0 aliphatic carbocycles. The maximum absolute atomic E-state index is 12.2. The number of hydrogen-bond acceptors (Lipinski definition) is 2. The molecule has 0 aliphatic heterocycles. The van der Waals surface area contributed by atoms with Crippen LogP contribution in [0, 0.1) is 0 Å². The Morgan fingerprint density at radius 1 is 1.38 bits per heavy atom. The Kier molecular flexibility index (Phi) is 3.80. The molecule has 1 aromatic carbocycles. The average molecular weight is 233 g/mol. The Morgan fingerprint density at radius 2 is 2.00 bits per heavy atom. The Hall–Kier alpha value is -1.23. The predicted octanol–water partition coefficient (Wildman–Crippen LogP) is 2.95. The molecule has 0 saturated carbocycles. The third-order valence-corrected chi connectivity index (χ3v) is 2.44. The molecule has 0 bridgehead atoms. The molecule has 0 radical (unpaired) electrons. The van der Waals surface area contributed by atoms with Crippen LogP contribution < -0.4 is 0 Å². The molecule has 1 aromatic rings. The van der Waals surface area contributed by atoms with Crippen LogP contribution in [-0.4, -0.2) is 29.8 Å². The Morgan fingerprint density at radius 3 is 2.50 bits per heavy atom. The fraction of sp³-hybridized carbons (Fsp3) is 0.455. The minimum atomic E-state index is -4.21. The molecule has 0 amide bonds. The highest BCUT2D eigenvalue weighted by Crippen LogP contribution is 2.25. The number of nitrogens with zero attached hydrogens (tertiary/aromatic N) is 1. The zero-order valence-corrected chi connectivity index (χ0v) is 9.12. The zero-order chi connectivity index (χ0) is 12.3. The molecule has 1 atom stereocenters. The first-order valence-electron chi connectivity index (χ1n) is 4.85. The summed E-state index contributed by atoms with van der Waals surface area (Å²) in [5, 5.41) is 9.24. The molecular weight excluding hydrogens is 219 g/mol. The van der Waals surface area contributed by atoms with Gasteiger partial charge in [-0.15, -0.1) is 0 Å². The van der Waals surface area contributed by atoms with Crippen molar-refractivity contribution in [1.29, 1.82) is 0 Å². The summed E-state index contributed by atoms with van der Waals surface area (Å²) in [5.41, 5.74) is 0.659. The van der Waals surface area contributed by atoms with E-state index in [1.807, 2.05) is 0 Å². The molecule has 1 rings (SSSR count). The second-order valence-corrected chi connectivity index (χ2v) is 3.80. The van der Waals surface area contributed by atoms with E-state index in [9.17, 15) is 18.3 Å². The van der Waals surface area contributed by atoms with Crippen molar-refractivity contribution in [3.8, 4) is 5.75 Å². The quantitative estimate of drug-likeness (QED) is 0.867. The van der Waals surface area contributed by atoms with Crippen LogP contribution in [0.1, 0.15) is 18.5 Å². The molecule has 5 heteroatoms. The number of alkyl halides is 3. The van der Waals surface area contributed by atoms with Crippen LogP contribution in [0.3, 0.4) is 0 Å². The van der Waals surface area contributed by atoms with Gasteiger partial charge in [0, 0.05) is 6.04 Å². The monoisotopic (exact) mass is 233 g/mol. The lowest BCUT2D eigenvalue weighted by Crippen LogP contribution is -2.33. The van der Waals surface area contributed by atoms with E-state index in [2.05, 4.69) is 0 Å². The molecule has 0 fully saturated rings. The van der Waals surface area contributed by atoms with Crippen molar-refractivity contribution in [2.75, 3.05) is 13.6 Å². The molecule has 2 nitrogen and oxygen atoms in total. The van der Waals surface area contributed by atoms with Gasteiger partial charge in [-0.2, -0.15) is 13.2 Å². The van der Waals surface area contributed by atoms with E-state index in [0.29, 0.717) is 5.56 Å². The smallest absolute Gasteiger partial charge is 0.401 e. The summed E-state index contributed by atoms with van der Waals surface area (Å²) < 4.78 is 36.5. The minimum Gasteiger partial charge on any atom is -0.508 e. The lowest BCUT2D eigenvalue weighted by Gasteiger charge is -2.26. The van der Waals surface area contributed by atoms with E-state index in [4.69, 9.17) is 0 Å². The van der Waals surface area contributed by atoms with E-state index >= 15 is 0 Å². The van der Waals surface area contributed by atoms with Gasteiger partial charge in [0.25, 0.3) is 0 Å². The van der Waals surface area contributed by atoms with Crippen LogP contribution in [0.25, 0.3) is 0 Å². The fourth-order valence-corrected chi connectivity index (χ4v) is 1.46. The van der Waals surface area contributed by atoms with Gasteiger partial charge in [0.05, 0.1) is 6.54 Å². The number of aromatic hydroxyl groups is 1. The molecule has 16 heavy (non-hydrogen) atoms. The van der Waals surface area contributed by atoms with Gasteiger partial charge < -0.3 is 5.11 Å². The predicted molar refractivity (Wildman–Crippen MR) is 55.2 cm³/mol. The van der Waals surface area contributed by atoms with Gasteiger partial charge in [0.1, 0.15) is 5.75 Å². The maximum atomic E-state index is 12.2. The third kappa shape index (κ3) is 3.73. The first-order valence-corrected chi connectivity index (χ1v) is 4.85. The van der Waals surface area contributed by atoms with E-state index < -0.39 is 18.8 Å². The van der Waals surface area contributed by atoms with Gasteiger partial charge in [0.15, 0.2) is 0 Å². The third-order valence-electron chi connectivity index (χ3n) is 2.44. The fourth-order valence-electron chi connectivity index (χ4n) is 1.46.